The Balaban J connectivity index is 1.50. The smallest absolute Gasteiger partial charge is 0.0741 e. The maximum atomic E-state index is 6.19. The molecular weight excluding hydrogens is 300 g/mol. The molecule has 1 aromatic carbocycles. The Hall–Kier alpha value is -1.49. The maximum Gasteiger partial charge on any atom is 0.0741 e. The van der Waals surface area contributed by atoms with Gasteiger partial charge in [0.05, 0.1) is 11.1 Å². The van der Waals surface area contributed by atoms with Crippen molar-refractivity contribution in [2.75, 3.05) is 26.9 Å². The van der Waals surface area contributed by atoms with Crippen LogP contribution in [0.25, 0.3) is 10.9 Å². The van der Waals surface area contributed by atoms with Crippen molar-refractivity contribution in [3.05, 3.63) is 42.1 Å². The second kappa shape index (κ2) is 6.79. The minimum atomic E-state index is 0.0513. The van der Waals surface area contributed by atoms with Gasteiger partial charge in [0.2, 0.25) is 0 Å². The summed E-state index contributed by atoms with van der Waals surface area (Å²) in [4.78, 5) is 6.98. The zero-order valence-corrected chi connectivity index (χ0v) is 14.4. The van der Waals surface area contributed by atoms with Crippen LogP contribution in [0.3, 0.4) is 0 Å². The molecule has 0 N–H and O–H groups in total. The second-order valence-electron chi connectivity index (χ2n) is 7.19. The topological polar surface area (TPSA) is 34.6 Å². The average Bonchev–Trinajstić information content (AvgIpc) is 2.63. The lowest BCUT2D eigenvalue weighted by molar-refractivity contribution is -0.150. The molecule has 2 saturated heterocycles. The zero-order chi connectivity index (χ0) is 16.4. The lowest BCUT2D eigenvalue weighted by Crippen LogP contribution is -2.50. The molecular formula is C20H26N2O2. The highest BCUT2D eigenvalue weighted by Gasteiger charge is 2.40. The van der Waals surface area contributed by atoms with E-state index in [4.69, 9.17) is 9.47 Å². The minimum absolute atomic E-state index is 0.0513. The molecule has 0 aliphatic carbocycles. The number of rotatable bonds is 3. The van der Waals surface area contributed by atoms with Gasteiger partial charge in [0.15, 0.2) is 0 Å². The van der Waals surface area contributed by atoms with Gasteiger partial charge < -0.3 is 9.47 Å². The van der Waals surface area contributed by atoms with Crippen molar-refractivity contribution in [3.63, 3.8) is 0 Å². The van der Waals surface area contributed by atoms with Crippen molar-refractivity contribution in [3.8, 4) is 0 Å². The number of aromatic nitrogens is 1. The summed E-state index contributed by atoms with van der Waals surface area (Å²) in [6.07, 6.45) is 6.17. The van der Waals surface area contributed by atoms with E-state index in [1.165, 1.54) is 10.9 Å². The molecule has 1 unspecified atom stereocenters. The van der Waals surface area contributed by atoms with Crippen LogP contribution in [-0.2, 0) is 16.0 Å². The minimum Gasteiger partial charge on any atom is -0.381 e. The maximum absolute atomic E-state index is 6.19. The largest absolute Gasteiger partial charge is 0.381 e. The Kier molecular flexibility index (Phi) is 4.53. The van der Waals surface area contributed by atoms with Gasteiger partial charge in [0.1, 0.15) is 0 Å². The molecule has 4 rings (SSSR count). The van der Waals surface area contributed by atoms with E-state index >= 15 is 0 Å². The molecule has 2 aliphatic rings. The molecule has 0 amide bonds. The number of ether oxygens (including phenoxy) is 2. The Labute approximate surface area is 143 Å². The normalized spacial score (nSPS) is 23.8. The highest BCUT2D eigenvalue weighted by atomic mass is 16.5. The molecule has 1 aromatic heterocycles. The van der Waals surface area contributed by atoms with Crippen molar-refractivity contribution in [1.82, 2.24) is 9.88 Å². The third-order valence-corrected chi connectivity index (χ3v) is 5.65. The van der Waals surface area contributed by atoms with E-state index in [1.807, 2.05) is 12.3 Å². The van der Waals surface area contributed by atoms with E-state index in [1.54, 1.807) is 0 Å². The van der Waals surface area contributed by atoms with Gasteiger partial charge in [-0.2, -0.15) is 0 Å². The lowest BCUT2D eigenvalue weighted by atomic mass is 9.83. The van der Waals surface area contributed by atoms with Crippen molar-refractivity contribution in [2.24, 2.45) is 0 Å². The van der Waals surface area contributed by atoms with E-state index < -0.39 is 0 Å². The molecule has 24 heavy (non-hydrogen) atoms. The Morgan fingerprint density at radius 1 is 1.17 bits per heavy atom. The van der Waals surface area contributed by atoms with Gasteiger partial charge in [0, 0.05) is 44.0 Å². The first-order valence-electron chi connectivity index (χ1n) is 9.00. The molecule has 0 radical (unpaired) electrons. The van der Waals surface area contributed by atoms with E-state index in [0.717, 1.165) is 57.6 Å². The van der Waals surface area contributed by atoms with Crippen molar-refractivity contribution in [2.45, 2.75) is 43.9 Å². The molecule has 0 saturated carbocycles. The van der Waals surface area contributed by atoms with Crippen LogP contribution in [0, 0.1) is 0 Å². The lowest BCUT2D eigenvalue weighted by Gasteiger charge is -2.45. The number of nitrogens with zero attached hydrogens (tertiary/aromatic N) is 2. The fraction of sp³-hybridized carbons (Fsp3) is 0.550. The van der Waals surface area contributed by atoms with Crippen LogP contribution in [0.15, 0.2) is 36.5 Å². The molecule has 3 heterocycles. The highest BCUT2D eigenvalue weighted by molar-refractivity contribution is 5.81. The number of hydrogen-bond acceptors (Lipinski definition) is 4. The highest BCUT2D eigenvalue weighted by Crippen LogP contribution is 2.36. The van der Waals surface area contributed by atoms with Crippen LogP contribution < -0.4 is 0 Å². The summed E-state index contributed by atoms with van der Waals surface area (Å²) >= 11 is 0. The van der Waals surface area contributed by atoms with Gasteiger partial charge >= 0.3 is 0 Å². The quantitative estimate of drug-likeness (QED) is 0.866. The summed E-state index contributed by atoms with van der Waals surface area (Å²) in [6.45, 7) is 3.50. The van der Waals surface area contributed by atoms with Gasteiger partial charge in [-0.25, -0.2) is 0 Å². The number of pyridine rings is 1. The number of hydrogen-bond donors (Lipinski definition) is 0. The first-order chi connectivity index (χ1) is 11.8. The van der Waals surface area contributed by atoms with Gasteiger partial charge in [-0.05, 0) is 50.4 Å². The SMILES string of the molecule is CN(Cc1cccc2ncccc12)C1CCOC2(CCOCC2)C1. The van der Waals surface area contributed by atoms with E-state index in [-0.39, 0.29) is 5.60 Å². The summed E-state index contributed by atoms with van der Waals surface area (Å²) in [7, 11) is 2.25. The Morgan fingerprint density at radius 2 is 2.04 bits per heavy atom. The molecule has 2 fully saturated rings. The summed E-state index contributed by atoms with van der Waals surface area (Å²) in [6, 6.07) is 11.2. The van der Waals surface area contributed by atoms with E-state index in [9.17, 15) is 0 Å². The summed E-state index contributed by atoms with van der Waals surface area (Å²) in [5.74, 6) is 0. The van der Waals surface area contributed by atoms with Crippen LogP contribution in [0.1, 0.15) is 31.2 Å². The Morgan fingerprint density at radius 3 is 2.92 bits per heavy atom. The van der Waals surface area contributed by atoms with Crippen LogP contribution in [0.4, 0.5) is 0 Å². The Bertz CT molecular complexity index is 686. The summed E-state index contributed by atoms with van der Waals surface area (Å²) in [5.41, 5.74) is 2.49. The molecule has 0 bridgehead atoms. The molecule has 1 atom stereocenters. The number of benzene rings is 1. The third kappa shape index (κ3) is 3.18. The van der Waals surface area contributed by atoms with Gasteiger partial charge in [-0.1, -0.05) is 18.2 Å². The van der Waals surface area contributed by atoms with Crippen molar-refractivity contribution < 1.29 is 9.47 Å². The fourth-order valence-corrected chi connectivity index (χ4v) is 4.17. The first kappa shape index (κ1) is 16.0. The molecule has 4 heteroatoms. The van der Waals surface area contributed by atoms with Crippen LogP contribution in [-0.4, -0.2) is 48.4 Å². The van der Waals surface area contributed by atoms with Crippen LogP contribution >= 0.6 is 0 Å². The van der Waals surface area contributed by atoms with Gasteiger partial charge in [-0.15, -0.1) is 0 Å². The van der Waals surface area contributed by atoms with Crippen LogP contribution in [0.5, 0.6) is 0 Å². The molecule has 128 valence electrons. The third-order valence-electron chi connectivity index (χ3n) is 5.65. The fourth-order valence-electron chi connectivity index (χ4n) is 4.17. The van der Waals surface area contributed by atoms with E-state index in [2.05, 4.69) is 41.2 Å². The first-order valence-corrected chi connectivity index (χ1v) is 9.00. The average molecular weight is 326 g/mol. The summed E-state index contributed by atoms with van der Waals surface area (Å²) in [5, 5.41) is 1.26. The molecule has 2 aliphatic heterocycles. The monoisotopic (exact) mass is 326 g/mol. The zero-order valence-electron chi connectivity index (χ0n) is 14.4. The molecule has 2 aromatic rings. The second-order valence-corrected chi connectivity index (χ2v) is 7.19. The summed E-state index contributed by atoms with van der Waals surface area (Å²) < 4.78 is 11.7. The van der Waals surface area contributed by atoms with Crippen LogP contribution in [0.2, 0.25) is 0 Å². The predicted molar refractivity (Wildman–Crippen MR) is 95.0 cm³/mol. The number of fused-ring (bicyclic) bond motifs is 1. The van der Waals surface area contributed by atoms with Crippen molar-refractivity contribution >= 4 is 10.9 Å². The standard InChI is InChI=1S/C20H26N2O2/c1-22(15-16-4-2-6-19-18(16)5-3-10-21-19)17-7-11-24-20(14-17)8-12-23-13-9-20/h2-6,10,17H,7-9,11-15H2,1H3. The molecule has 1 spiro atoms. The molecule has 4 nitrogen and oxygen atoms in total. The van der Waals surface area contributed by atoms with Gasteiger partial charge in [-0.3, -0.25) is 9.88 Å². The van der Waals surface area contributed by atoms with Crippen molar-refractivity contribution in [1.29, 1.82) is 0 Å². The van der Waals surface area contributed by atoms with E-state index in [0.29, 0.717) is 6.04 Å². The predicted octanol–water partition coefficient (Wildman–Crippen LogP) is 3.39. The van der Waals surface area contributed by atoms with Gasteiger partial charge in [0.25, 0.3) is 0 Å².